The van der Waals surface area contributed by atoms with Gasteiger partial charge in [-0.05, 0) is 30.4 Å². The predicted molar refractivity (Wildman–Crippen MR) is 69.0 cm³/mol. The average Bonchev–Trinajstić information content (AvgIpc) is 2.35. The minimum absolute atomic E-state index is 0.142. The molecule has 1 amide bonds. The van der Waals surface area contributed by atoms with E-state index in [9.17, 15) is 4.79 Å². The highest BCUT2D eigenvalue weighted by Gasteiger charge is 2.18. The molecular weight excluding hydrogens is 212 g/mol. The molecule has 0 spiro atoms. The molecule has 17 heavy (non-hydrogen) atoms. The third kappa shape index (κ3) is 3.07. The van der Waals surface area contributed by atoms with Gasteiger partial charge in [0.2, 0.25) is 5.91 Å². The largest absolute Gasteiger partial charge is 0.348 e. The molecule has 0 saturated carbocycles. The van der Waals surface area contributed by atoms with Crippen molar-refractivity contribution in [3.05, 3.63) is 35.4 Å². The number of likely N-dealkylation sites (N-methyl/N-ethyl adjacent to an activating group) is 1. The van der Waals surface area contributed by atoms with Gasteiger partial charge in [0.05, 0.1) is 6.54 Å². The van der Waals surface area contributed by atoms with Crippen LogP contribution < -0.4 is 5.32 Å². The van der Waals surface area contributed by atoms with E-state index in [1.54, 1.807) is 19.0 Å². The lowest BCUT2D eigenvalue weighted by Gasteiger charge is -2.25. The van der Waals surface area contributed by atoms with Crippen LogP contribution in [0.4, 0.5) is 0 Å². The Morgan fingerprint density at radius 1 is 1.35 bits per heavy atom. The molecule has 0 heterocycles. The van der Waals surface area contributed by atoms with Crippen LogP contribution in [0.5, 0.6) is 0 Å². The normalized spacial score (nSPS) is 18.6. The molecule has 0 aliphatic heterocycles. The number of nitrogens with one attached hydrogen (secondary N) is 1. The summed E-state index contributed by atoms with van der Waals surface area (Å²) in [7, 11) is 3.58. The Morgan fingerprint density at radius 2 is 2.06 bits per heavy atom. The van der Waals surface area contributed by atoms with Gasteiger partial charge in [0.25, 0.3) is 0 Å². The zero-order chi connectivity index (χ0) is 12.3. The van der Waals surface area contributed by atoms with Crippen LogP contribution >= 0.6 is 0 Å². The van der Waals surface area contributed by atoms with E-state index in [0.29, 0.717) is 12.6 Å². The molecule has 1 aromatic rings. The monoisotopic (exact) mass is 232 g/mol. The Hall–Kier alpha value is -1.35. The number of rotatable bonds is 3. The summed E-state index contributed by atoms with van der Waals surface area (Å²) in [5.41, 5.74) is 2.89. The van der Waals surface area contributed by atoms with Gasteiger partial charge in [-0.1, -0.05) is 24.3 Å². The molecule has 1 unspecified atom stereocenters. The molecule has 1 aliphatic rings. The second-order valence-corrected chi connectivity index (χ2v) is 4.88. The van der Waals surface area contributed by atoms with Gasteiger partial charge in [-0.3, -0.25) is 4.79 Å². The van der Waals surface area contributed by atoms with Crippen LogP contribution in [0.2, 0.25) is 0 Å². The van der Waals surface area contributed by atoms with Crippen molar-refractivity contribution >= 4 is 5.91 Å². The molecule has 0 aromatic heterocycles. The quantitative estimate of drug-likeness (QED) is 0.850. The number of benzene rings is 1. The third-order valence-electron chi connectivity index (χ3n) is 3.39. The second-order valence-electron chi connectivity index (χ2n) is 4.88. The van der Waals surface area contributed by atoms with Crippen LogP contribution in [0.3, 0.4) is 0 Å². The van der Waals surface area contributed by atoms with E-state index in [2.05, 4.69) is 29.6 Å². The summed E-state index contributed by atoms with van der Waals surface area (Å²) in [6, 6.07) is 9.02. The highest BCUT2D eigenvalue weighted by Crippen LogP contribution is 2.20. The van der Waals surface area contributed by atoms with E-state index < -0.39 is 0 Å². The first-order chi connectivity index (χ1) is 8.16. The molecule has 92 valence electrons. The average molecular weight is 232 g/mol. The number of amides is 1. The Balaban J connectivity index is 1.88. The van der Waals surface area contributed by atoms with Gasteiger partial charge in [-0.15, -0.1) is 0 Å². The molecule has 0 fully saturated rings. The van der Waals surface area contributed by atoms with Gasteiger partial charge >= 0.3 is 0 Å². The van der Waals surface area contributed by atoms with Gasteiger partial charge in [-0.25, -0.2) is 0 Å². The molecule has 0 saturated heterocycles. The van der Waals surface area contributed by atoms with Crippen molar-refractivity contribution in [1.82, 2.24) is 10.2 Å². The lowest BCUT2D eigenvalue weighted by atomic mass is 9.88. The number of carbonyl (C=O) groups is 1. The highest BCUT2D eigenvalue weighted by atomic mass is 16.2. The first kappa shape index (κ1) is 12.1. The number of hydrogen-bond acceptors (Lipinski definition) is 2. The van der Waals surface area contributed by atoms with Gasteiger partial charge < -0.3 is 10.2 Å². The first-order valence-corrected chi connectivity index (χ1v) is 6.17. The number of aryl methyl sites for hydroxylation is 1. The second kappa shape index (κ2) is 5.32. The van der Waals surface area contributed by atoms with Crippen LogP contribution in [0, 0.1) is 0 Å². The van der Waals surface area contributed by atoms with E-state index in [0.717, 1.165) is 19.3 Å². The topological polar surface area (TPSA) is 32.3 Å². The molecule has 1 aliphatic carbocycles. The fourth-order valence-electron chi connectivity index (χ4n) is 2.26. The van der Waals surface area contributed by atoms with Crippen LogP contribution in [0.1, 0.15) is 17.5 Å². The number of hydrogen-bond donors (Lipinski definition) is 1. The van der Waals surface area contributed by atoms with E-state index >= 15 is 0 Å². The molecule has 3 nitrogen and oxygen atoms in total. The molecule has 1 N–H and O–H groups in total. The first-order valence-electron chi connectivity index (χ1n) is 6.17. The summed E-state index contributed by atoms with van der Waals surface area (Å²) < 4.78 is 0. The van der Waals surface area contributed by atoms with Gasteiger partial charge in [0, 0.05) is 20.1 Å². The van der Waals surface area contributed by atoms with Crippen LogP contribution in [-0.2, 0) is 17.6 Å². The zero-order valence-corrected chi connectivity index (χ0v) is 10.6. The summed E-state index contributed by atoms with van der Waals surface area (Å²) in [6.45, 7) is 0.444. The molecule has 3 heteroatoms. The molecule has 1 atom stereocenters. The van der Waals surface area contributed by atoms with E-state index in [1.807, 2.05) is 0 Å². The Morgan fingerprint density at radius 3 is 2.76 bits per heavy atom. The van der Waals surface area contributed by atoms with Crippen molar-refractivity contribution < 1.29 is 4.79 Å². The molecule has 1 aromatic carbocycles. The Labute approximate surface area is 103 Å². The lowest BCUT2D eigenvalue weighted by Crippen LogP contribution is -2.41. The van der Waals surface area contributed by atoms with Crippen molar-refractivity contribution in [3.8, 4) is 0 Å². The molecule has 0 bridgehead atoms. The maximum atomic E-state index is 11.5. The summed E-state index contributed by atoms with van der Waals surface area (Å²) >= 11 is 0. The third-order valence-corrected chi connectivity index (χ3v) is 3.39. The Kier molecular flexibility index (Phi) is 3.79. The van der Waals surface area contributed by atoms with Crippen molar-refractivity contribution in [2.45, 2.75) is 25.3 Å². The smallest absolute Gasteiger partial charge is 0.236 e. The summed E-state index contributed by atoms with van der Waals surface area (Å²) in [6.07, 6.45) is 3.28. The Bertz CT molecular complexity index is 401. The van der Waals surface area contributed by atoms with E-state index in [4.69, 9.17) is 0 Å². The maximum Gasteiger partial charge on any atom is 0.236 e. The molecular formula is C14H20N2O. The summed E-state index contributed by atoms with van der Waals surface area (Å²) in [5.74, 6) is 0.142. The standard InChI is InChI=1S/C14H20N2O/c1-16(2)14(17)10-15-13-8-7-11-5-3-4-6-12(11)9-13/h3-6,13,15H,7-10H2,1-2H3. The molecule has 2 rings (SSSR count). The van der Waals surface area contributed by atoms with Crippen LogP contribution in [0.15, 0.2) is 24.3 Å². The fraction of sp³-hybridized carbons (Fsp3) is 0.500. The van der Waals surface area contributed by atoms with Gasteiger partial charge in [0.15, 0.2) is 0 Å². The van der Waals surface area contributed by atoms with Crippen LogP contribution in [-0.4, -0.2) is 37.5 Å². The number of nitrogens with zero attached hydrogens (tertiary/aromatic N) is 1. The SMILES string of the molecule is CN(C)C(=O)CNC1CCc2ccccc2C1. The minimum atomic E-state index is 0.142. The van der Waals surface area contributed by atoms with Crippen molar-refractivity contribution in [3.63, 3.8) is 0 Å². The van der Waals surface area contributed by atoms with Crippen molar-refractivity contribution in [2.75, 3.05) is 20.6 Å². The summed E-state index contributed by atoms with van der Waals surface area (Å²) in [5, 5.41) is 3.35. The van der Waals surface area contributed by atoms with Gasteiger partial charge in [0.1, 0.15) is 0 Å². The number of carbonyl (C=O) groups excluding carboxylic acids is 1. The lowest BCUT2D eigenvalue weighted by molar-refractivity contribution is -0.127. The minimum Gasteiger partial charge on any atom is -0.348 e. The van der Waals surface area contributed by atoms with Crippen LogP contribution in [0.25, 0.3) is 0 Å². The predicted octanol–water partition coefficient (Wildman–Crippen LogP) is 1.22. The highest BCUT2D eigenvalue weighted by molar-refractivity contribution is 5.77. The zero-order valence-electron chi connectivity index (χ0n) is 10.6. The van der Waals surface area contributed by atoms with E-state index in [-0.39, 0.29) is 5.91 Å². The van der Waals surface area contributed by atoms with Gasteiger partial charge in [-0.2, -0.15) is 0 Å². The fourth-order valence-corrected chi connectivity index (χ4v) is 2.26. The van der Waals surface area contributed by atoms with Crippen molar-refractivity contribution in [2.24, 2.45) is 0 Å². The number of fused-ring (bicyclic) bond motifs is 1. The van der Waals surface area contributed by atoms with Crippen molar-refractivity contribution in [1.29, 1.82) is 0 Å². The summed E-state index contributed by atoms with van der Waals surface area (Å²) in [4.78, 5) is 13.1. The molecule has 0 radical (unpaired) electrons. The maximum absolute atomic E-state index is 11.5. The van der Waals surface area contributed by atoms with E-state index in [1.165, 1.54) is 11.1 Å².